The van der Waals surface area contributed by atoms with Gasteiger partial charge >= 0.3 is 0 Å². The number of hydrogen-bond acceptors (Lipinski definition) is 3. The van der Waals surface area contributed by atoms with Crippen LogP contribution in [0, 0.1) is 0 Å². The molecule has 2 heterocycles. The van der Waals surface area contributed by atoms with Gasteiger partial charge in [0.15, 0.2) is 0 Å². The maximum absolute atomic E-state index is 4.04. The van der Waals surface area contributed by atoms with Crippen LogP contribution < -0.4 is 5.32 Å². The van der Waals surface area contributed by atoms with Crippen LogP contribution in [0.15, 0.2) is 24.5 Å². The number of likely N-dealkylation sites (tertiary alicyclic amines) is 1. The molecule has 0 spiro atoms. The van der Waals surface area contributed by atoms with Crippen LogP contribution in [0.4, 0.5) is 0 Å². The Balaban J connectivity index is 0.00000128. The van der Waals surface area contributed by atoms with Crippen LogP contribution in [-0.2, 0) is 6.54 Å². The van der Waals surface area contributed by atoms with Gasteiger partial charge in [0.2, 0.25) is 0 Å². The molecule has 1 N–H and O–H groups in total. The lowest BCUT2D eigenvalue weighted by Crippen LogP contribution is -2.40. The average Bonchev–Trinajstić information content (AvgIpc) is 2.31. The highest BCUT2D eigenvalue weighted by Crippen LogP contribution is 2.12. The first-order valence-electron chi connectivity index (χ1n) is 5.67. The van der Waals surface area contributed by atoms with Gasteiger partial charge in [-0.1, -0.05) is 0 Å². The van der Waals surface area contributed by atoms with E-state index in [4.69, 9.17) is 0 Å². The van der Waals surface area contributed by atoms with Gasteiger partial charge in [-0.15, -0.1) is 12.4 Å². The first-order chi connectivity index (χ1) is 7.38. The number of nitrogens with one attached hydrogen (secondary N) is 1. The molecular weight excluding hydrogens is 222 g/mol. The van der Waals surface area contributed by atoms with E-state index in [1.807, 2.05) is 12.4 Å². The molecule has 4 heteroatoms. The van der Waals surface area contributed by atoms with Crippen LogP contribution in [0.5, 0.6) is 0 Å². The molecule has 1 aromatic heterocycles. The number of halogens is 1. The van der Waals surface area contributed by atoms with E-state index in [-0.39, 0.29) is 12.4 Å². The van der Waals surface area contributed by atoms with Crippen molar-refractivity contribution < 1.29 is 0 Å². The molecule has 1 aliphatic rings. The van der Waals surface area contributed by atoms with Crippen molar-refractivity contribution in [3.8, 4) is 0 Å². The van der Waals surface area contributed by atoms with Gasteiger partial charge in [0.25, 0.3) is 0 Å². The van der Waals surface area contributed by atoms with E-state index in [2.05, 4.69) is 34.4 Å². The molecule has 1 saturated heterocycles. The van der Waals surface area contributed by atoms with Crippen LogP contribution in [0.1, 0.15) is 18.4 Å². The highest BCUT2D eigenvalue weighted by Gasteiger charge is 2.17. The largest absolute Gasteiger partial charge is 0.317 e. The average molecular weight is 242 g/mol. The number of pyridine rings is 1. The highest BCUT2D eigenvalue weighted by atomic mass is 35.5. The quantitative estimate of drug-likeness (QED) is 0.873. The minimum Gasteiger partial charge on any atom is -0.317 e. The van der Waals surface area contributed by atoms with Gasteiger partial charge in [-0.05, 0) is 50.7 Å². The number of piperidine rings is 1. The van der Waals surface area contributed by atoms with E-state index in [1.54, 1.807) is 0 Å². The summed E-state index contributed by atoms with van der Waals surface area (Å²) < 4.78 is 0. The molecular formula is C12H20ClN3. The molecule has 90 valence electrons. The van der Waals surface area contributed by atoms with Crippen molar-refractivity contribution in [1.29, 1.82) is 0 Å². The summed E-state index contributed by atoms with van der Waals surface area (Å²) in [5.74, 6) is 0. The highest BCUT2D eigenvalue weighted by molar-refractivity contribution is 5.85. The first kappa shape index (κ1) is 13.4. The van der Waals surface area contributed by atoms with Gasteiger partial charge in [0, 0.05) is 25.0 Å². The van der Waals surface area contributed by atoms with Crippen LogP contribution in [0.25, 0.3) is 0 Å². The molecule has 0 unspecified atom stereocenters. The molecule has 0 amide bonds. The van der Waals surface area contributed by atoms with Crippen LogP contribution >= 0.6 is 12.4 Å². The monoisotopic (exact) mass is 241 g/mol. The number of nitrogens with zero attached hydrogens (tertiary/aromatic N) is 2. The fourth-order valence-corrected chi connectivity index (χ4v) is 2.13. The normalized spacial score (nSPS) is 18.1. The number of hydrogen-bond donors (Lipinski definition) is 1. The lowest BCUT2D eigenvalue weighted by Gasteiger charge is -2.31. The lowest BCUT2D eigenvalue weighted by molar-refractivity contribution is 0.194. The maximum atomic E-state index is 4.04. The Hall–Kier alpha value is -0.640. The Morgan fingerprint density at radius 1 is 1.31 bits per heavy atom. The van der Waals surface area contributed by atoms with Crippen molar-refractivity contribution >= 4 is 12.4 Å². The van der Waals surface area contributed by atoms with E-state index in [9.17, 15) is 0 Å². The van der Waals surface area contributed by atoms with Gasteiger partial charge in [-0.3, -0.25) is 9.88 Å². The predicted molar refractivity (Wildman–Crippen MR) is 68.8 cm³/mol. The molecule has 1 aromatic rings. The third-order valence-corrected chi connectivity index (χ3v) is 3.15. The second-order valence-electron chi connectivity index (χ2n) is 4.19. The van der Waals surface area contributed by atoms with E-state index < -0.39 is 0 Å². The van der Waals surface area contributed by atoms with Crippen molar-refractivity contribution in [3.63, 3.8) is 0 Å². The Kier molecular flexibility index (Phi) is 5.74. The van der Waals surface area contributed by atoms with Gasteiger partial charge in [0.1, 0.15) is 0 Å². The minimum absolute atomic E-state index is 0. The van der Waals surface area contributed by atoms with E-state index in [1.165, 1.54) is 31.5 Å². The molecule has 0 radical (unpaired) electrons. The van der Waals surface area contributed by atoms with Crippen molar-refractivity contribution in [1.82, 2.24) is 15.2 Å². The summed E-state index contributed by atoms with van der Waals surface area (Å²) >= 11 is 0. The van der Waals surface area contributed by atoms with Crippen molar-refractivity contribution in [2.24, 2.45) is 0 Å². The summed E-state index contributed by atoms with van der Waals surface area (Å²) in [5.41, 5.74) is 1.37. The zero-order valence-corrected chi connectivity index (χ0v) is 10.5. The van der Waals surface area contributed by atoms with Gasteiger partial charge < -0.3 is 5.32 Å². The zero-order valence-electron chi connectivity index (χ0n) is 9.72. The molecule has 0 aromatic carbocycles. The minimum atomic E-state index is 0. The molecule has 1 aliphatic heterocycles. The molecule has 1 fully saturated rings. The van der Waals surface area contributed by atoms with Crippen LogP contribution in [-0.4, -0.2) is 36.1 Å². The third-order valence-electron chi connectivity index (χ3n) is 3.15. The Morgan fingerprint density at radius 2 is 1.94 bits per heavy atom. The molecule has 0 bridgehead atoms. The second kappa shape index (κ2) is 6.84. The van der Waals surface area contributed by atoms with Gasteiger partial charge in [0.05, 0.1) is 0 Å². The molecule has 3 nitrogen and oxygen atoms in total. The van der Waals surface area contributed by atoms with Gasteiger partial charge in [-0.25, -0.2) is 0 Å². The van der Waals surface area contributed by atoms with Crippen LogP contribution in [0.2, 0.25) is 0 Å². The third kappa shape index (κ3) is 3.74. The summed E-state index contributed by atoms with van der Waals surface area (Å²) in [6, 6.07) is 4.92. The fourth-order valence-electron chi connectivity index (χ4n) is 2.13. The Labute approximate surface area is 104 Å². The van der Waals surface area contributed by atoms with Crippen molar-refractivity contribution in [2.45, 2.75) is 25.4 Å². The molecule has 16 heavy (non-hydrogen) atoms. The summed E-state index contributed by atoms with van der Waals surface area (Å²) in [4.78, 5) is 6.55. The summed E-state index contributed by atoms with van der Waals surface area (Å²) in [7, 11) is 2.06. The summed E-state index contributed by atoms with van der Waals surface area (Å²) in [6.07, 6.45) is 6.27. The maximum Gasteiger partial charge on any atom is 0.0271 e. The molecule has 0 aliphatic carbocycles. The fraction of sp³-hybridized carbons (Fsp3) is 0.583. The lowest BCUT2D eigenvalue weighted by atomic mass is 10.0. The first-order valence-corrected chi connectivity index (χ1v) is 5.67. The molecule has 2 rings (SSSR count). The molecule has 0 saturated carbocycles. The molecule has 0 atom stereocenters. The van der Waals surface area contributed by atoms with E-state index in [0.29, 0.717) is 0 Å². The smallest absolute Gasteiger partial charge is 0.0271 e. The zero-order chi connectivity index (χ0) is 10.5. The van der Waals surface area contributed by atoms with Crippen molar-refractivity contribution in [3.05, 3.63) is 30.1 Å². The SMILES string of the molecule is CNC1CCN(Cc2ccncc2)CC1.Cl. The van der Waals surface area contributed by atoms with Crippen LogP contribution in [0.3, 0.4) is 0 Å². The Morgan fingerprint density at radius 3 is 2.50 bits per heavy atom. The second-order valence-corrected chi connectivity index (χ2v) is 4.19. The topological polar surface area (TPSA) is 28.2 Å². The Bertz CT molecular complexity index is 284. The standard InChI is InChI=1S/C12H19N3.ClH/c1-13-12-4-8-15(9-5-12)10-11-2-6-14-7-3-11;/h2-3,6-7,12-13H,4-5,8-10H2,1H3;1H. The van der Waals surface area contributed by atoms with E-state index >= 15 is 0 Å². The predicted octanol–water partition coefficient (Wildman–Crippen LogP) is 1.69. The van der Waals surface area contributed by atoms with Gasteiger partial charge in [-0.2, -0.15) is 0 Å². The summed E-state index contributed by atoms with van der Waals surface area (Å²) in [5, 5.41) is 3.35. The number of rotatable bonds is 3. The van der Waals surface area contributed by atoms with E-state index in [0.717, 1.165) is 12.6 Å². The summed E-state index contributed by atoms with van der Waals surface area (Å²) in [6.45, 7) is 3.47. The number of aromatic nitrogens is 1. The van der Waals surface area contributed by atoms with Crippen molar-refractivity contribution in [2.75, 3.05) is 20.1 Å².